The number of furan rings is 1. The zero-order chi connectivity index (χ0) is 30.9. The quantitative estimate of drug-likeness (QED) is 0.189. The molecule has 47 heavy (non-hydrogen) atoms. The minimum atomic E-state index is 0.911. The summed E-state index contributed by atoms with van der Waals surface area (Å²) in [5.74, 6) is 0. The highest BCUT2D eigenvalue weighted by molar-refractivity contribution is 6.29. The number of aromatic nitrogens is 1. The molecule has 0 unspecified atom stereocenters. The largest absolute Gasteiger partial charge is 0.455 e. The van der Waals surface area contributed by atoms with Crippen molar-refractivity contribution in [1.82, 2.24) is 4.98 Å². The summed E-state index contributed by atoms with van der Waals surface area (Å²) in [5, 5.41) is 12.0. The van der Waals surface area contributed by atoms with E-state index in [0.29, 0.717) is 0 Å². The second-order valence-corrected chi connectivity index (χ2v) is 12.3. The second kappa shape index (κ2) is 10.1. The van der Waals surface area contributed by atoms with Crippen LogP contribution in [0.25, 0.3) is 98.4 Å². The zero-order valence-electron chi connectivity index (χ0n) is 25.4. The maximum absolute atomic E-state index is 6.93. The van der Waals surface area contributed by atoms with Crippen LogP contribution in [0.5, 0.6) is 0 Å². The van der Waals surface area contributed by atoms with Gasteiger partial charge in [0.15, 0.2) is 0 Å². The maximum Gasteiger partial charge on any atom is 0.143 e. The molecular weight excluding hydrogens is 571 g/mol. The summed E-state index contributed by atoms with van der Waals surface area (Å²) in [5.41, 5.74) is 8.83. The molecule has 10 aromatic rings. The summed E-state index contributed by atoms with van der Waals surface area (Å²) < 4.78 is 6.93. The fraction of sp³-hybridized carbons (Fsp3) is 0. The van der Waals surface area contributed by atoms with Gasteiger partial charge in [-0.15, -0.1) is 0 Å². The lowest BCUT2D eigenvalue weighted by Gasteiger charge is -2.18. The summed E-state index contributed by atoms with van der Waals surface area (Å²) >= 11 is 0. The van der Waals surface area contributed by atoms with Crippen LogP contribution in [0.2, 0.25) is 0 Å². The van der Waals surface area contributed by atoms with E-state index in [1.807, 2.05) is 18.5 Å². The average molecular weight is 598 g/mol. The fourth-order valence-corrected chi connectivity index (χ4v) is 7.61. The molecule has 0 amide bonds. The molecule has 0 saturated carbocycles. The van der Waals surface area contributed by atoms with Crippen LogP contribution in [-0.2, 0) is 0 Å². The molecule has 2 nitrogen and oxygen atoms in total. The predicted octanol–water partition coefficient (Wildman–Crippen LogP) is 12.6. The van der Waals surface area contributed by atoms with Gasteiger partial charge in [-0.1, -0.05) is 121 Å². The van der Waals surface area contributed by atoms with Gasteiger partial charge in [-0.2, -0.15) is 0 Å². The van der Waals surface area contributed by atoms with Crippen LogP contribution in [0.4, 0.5) is 0 Å². The molecule has 2 heteroatoms. The van der Waals surface area contributed by atoms with Gasteiger partial charge in [0, 0.05) is 39.9 Å². The van der Waals surface area contributed by atoms with E-state index in [1.165, 1.54) is 65.2 Å². The number of hydrogen-bond acceptors (Lipinski definition) is 2. The maximum atomic E-state index is 6.93. The number of hydrogen-bond donors (Lipinski definition) is 0. The molecule has 0 fully saturated rings. The molecule has 218 valence electrons. The van der Waals surface area contributed by atoms with Crippen molar-refractivity contribution >= 4 is 65.0 Å². The molecule has 0 aliphatic carbocycles. The standard InChI is InChI=1S/C45H27NO/c1-2-12-30-26-41-39(24-29(30)11-1)44-34-17-4-3-13-31(34)25-40(45(44)47-41)43-37-20-7-5-18-35(37)42(36-19-6-8-21-38(36)43)32-15-9-14-28(23-32)33-16-10-22-46-27-33/h1-27H. The van der Waals surface area contributed by atoms with Gasteiger partial charge in [-0.3, -0.25) is 4.98 Å². The van der Waals surface area contributed by atoms with E-state index in [2.05, 4.69) is 151 Å². The topological polar surface area (TPSA) is 26.0 Å². The molecule has 0 aliphatic rings. The highest BCUT2D eigenvalue weighted by Crippen LogP contribution is 2.48. The van der Waals surface area contributed by atoms with Crippen LogP contribution in [0.1, 0.15) is 0 Å². The van der Waals surface area contributed by atoms with Gasteiger partial charge in [0.25, 0.3) is 0 Å². The number of rotatable bonds is 3. The highest BCUT2D eigenvalue weighted by Gasteiger charge is 2.22. The normalized spacial score (nSPS) is 11.8. The van der Waals surface area contributed by atoms with Crippen LogP contribution in [0, 0.1) is 0 Å². The van der Waals surface area contributed by atoms with Gasteiger partial charge in [0.05, 0.1) is 0 Å². The second-order valence-electron chi connectivity index (χ2n) is 12.3. The molecule has 2 aromatic heterocycles. The van der Waals surface area contributed by atoms with E-state index in [9.17, 15) is 0 Å². The van der Waals surface area contributed by atoms with Crippen LogP contribution in [-0.4, -0.2) is 4.98 Å². The SMILES string of the molecule is c1cncc(-c2cccc(-c3c4ccccc4c(-c4cc5ccccc5c5c4oc4cc6ccccc6cc45)c4ccccc34)c2)c1. The third kappa shape index (κ3) is 3.95. The minimum Gasteiger partial charge on any atom is -0.455 e. The van der Waals surface area contributed by atoms with E-state index >= 15 is 0 Å². The molecule has 0 atom stereocenters. The Kier molecular flexibility index (Phi) is 5.61. The first-order valence-electron chi connectivity index (χ1n) is 16.0. The van der Waals surface area contributed by atoms with Crippen molar-refractivity contribution in [2.45, 2.75) is 0 Å². The minimum absolute atomic E-state index is 0.911. The van der Waals surface area contributed by atoms with Gasteiger partial charge in [-0.25, -0.2) is 0 Å². The van der Waals surface area contributed by atoms with E-state index in [4.69, 9.17) is 4.42 Å². The van der Waals surface area contributed by atoms with Crippen LogP contribution in [0.3, 0.4) is 0 Å². The summed E-state index contributed by atoms with van der Waals surface area (Å²) in [6, 6.07) is 54.7. The first-order chi connectivity index (χ1) is 23.3. The zero-order valence-corrected chi connectivity index (χ0v) is 25.4. The van der Waals surface area contributed by atoms with Crippen molar-refractivity contribution in [3.05, 3.63) is 164 Å². The van der Waals surface area contributed by atoms with Gasteiger partial charge < -0.3 is 4.42 Å². The number of benzene rings is 8. The Labute approximate surface area is 271 Å². The van der Waals surface area contributed by atoms with Crippen molar-refractivity contribution in [1.29, 1.82) is 0 Å². The van der Waals surface area contributed by atoms with Crippen molar-refractivity contribution < 1.29 is 4.42 Å². The summed E-state index contributed by atoms with van der Waals surface area (Å²) in [4.78, 5) is 4.38. The number of pyridine rings is 1. The Morgan fingerprint density at radius 1 is 0.404 bits per heavy atom. The van der Waals surface area contributed by atoms with Crippen molar-refractivity contribution in [3.63, 3.8) is 0 Å². The first-order valence-corrected chi connectivity index (χ1v) is 16.0. The smallest absolute Gasteiger partial charge is 0.143 e. The highest BCUT2D eigenvalue weighted by atomic mass is 16.3. The number of fused-ring (bicyclic) bond motifs is 8. The molecule has 0 saturated heterocycles. The monoisotopic (exact) mass is 597 g/mol. The molecule has 0 N–H and O–H groups in total. The Balaban J connectivity index is 1.34. The molecule has 0 aliphatic heterocycles. The van der Waals surface area contributed by atoms with Gasteiger partial charge >= 0.3 is 0 Å². The van der Waals surface area contributed by atoms with Crippen molar-refractivity contribution in [3.8, 4) is 33.4 Å². The Morgan fingerprint density at radius 3 is 1.70 bits per heavy atom. The Hall–Kier alpha value is -6.25. The van der Waals surface area contributed by atoms with Crippen molar-refractivity contribution in [2.24, 2.45) is 0 Å². The third-order valence-electron chi connectivity index (χ3n) is 9.68. The molecule has 8 aromatic carbocycles. The molecule has 0 spiro atoms. The Bertz CT molecular complexity index is 2790. The average Bonchev–Trinajstić information content (AvgIpc) is 3.51. The van der Waals surface area contributed by atoms with E-state index in [-0.39, 0.29) is 0 Å². The lowest BCUT2D eigenvalue weighted by Crippen LogP contribution is -1.92. The van der Waals surface area contributed by atoms with E-state index in [1.54, 1.807) is 0 Å². The van der Waals surface area contributed by atoms with Crippen LogP contribution in [0.15, 0.2) is 168 Å². The molecule has 0 radical (unpaired) electrons. The number of nitrogens with zero attached hydrogens (tertiary/aromatic N) is 1. The third-order valence-corrected chi connectivity index (χ3v) is 9.68. The summed E-state index contributed by atoms with van der Waals surface area (Å²) in [6.07, 6.45) is 3.75. The Morgan fingerprint density at radius 2 is 1.00 bits per heavy atom. The molecule has 0 bridgehead atoms. The predicted molar refractivity (Wildman–Crippen MR) is 198 cm³/mol. The molecule has 2 heterocycles. The van der Waals surface area contributed by atoms with Crippen molar-refractivity contribution in [2.75, 3.05) is 0 Å². The lowest BCUT2D eigenvalue weighted by atomic mass is 9.84. The first kappa shape index (κ1) is 26.0. The van der Waals surface area contributed by atoms with Crippen LogP contribution < -0.4 is 0 Å². The fourth-order valence-electron chi connectivity index (χ4n) is 7.61. The molecule has 10 rings (SSSR count). The van der Waals surface area contributed by atoms with Crippen LogP contribution >= 0.6 is 0 Å². The van der Waals surface area contributed by atoms with Gasteiger partial charge in [-0.05, 0) is 90.1 Å². The van der Waals surface area contributed by atoms with Gasteiger partial charge in [0.1, 0.15) is 11.2 Å². The molecular formula is C45H27NO. The van der Waals surface area contributed by atoms with E-state index in [0.717, 1.165) is 33.2 Å². The van der Waals surface area contributed by atoms with E-state index < -0.39 is 0 Å². The summed E-state index contributed by atoms with van der Waals surface area (Å²) in [6.45, 7) is 0. The summed E-state index contributed by atoms with van der Waals surface area (Å²) in [7, 11) is 0. The van der Waals surface area contributed by atoms with Gasteiger partial charge in [0.2, 0.25) is 0 Å². The lowest BCUT2D eigenvalue weighted by molar-refractivity contribution is 0.671.